The van der Waals surface area contributed by atoms with Crippen molar-refractivity contribution < 1.29 is 14.7 Å². The Hall–Kier alpha value is -2.89. The van der Waals surface area contributed by atoms with Gasteiger partial charge in [-0.1, -0.05) is 18.2 Å². The Balaban J connectivity index is 2.17. The van der Waals surface area contributed by atoms with Gasteiger partial charge < -0.3 is 14.6 Å². The number of benzene rings is 1. The molecule has 4 rings (SSSR count). The molecule has 0 bridgehead atoms. The van der Waals surface area contributed by atoms with Gasteiger partial charge in [0.05, 0.1) is 11.0 Å². The molecular formula is C17H15N3O3. The molecule has 0 radical (unpaired) electrons. The van der Waals surface area contributed by atoms with Crippen LogP contribution in [0.3, 0.4) is 0 Å². The fourth-order valence-electron chi connectivity index (χ4n) is 3.40. The minimum atomic E-state index is -0.973. The lowest BCUT2D eigenvalue weighted by molar-refractivity contribution is -0.137. The van der Waals surface area contributed by atoms with Crippen LogP contribution in [0, 0.1) is 0 Å². The molecule has 1 aliphatic heterocycles. The molecule has 1 N–H and O–H groups in total. The second kappa shape index (κ2) is 4.81. The van der Waals surface area contributed by atoms with Crippen molar-refractivity contribution in [1.82, 2.24) is 14.5 Å². The van der Waals surface area contributed by atoms with E-state index in [1.165, 1.54) is 0 Å². The number of nitrogens with zero attached hydrogens (tertiary/aromatic N) is 3. The lowest BCUT2D eigenvalue weighted by Gasteiger charge is -2.24. The standard InChI is InChI=1S/C17H15N3O3/c1-19-8-6-12-11-5-4-10-3-2-7-18-14(10)15(11)20(9-13(21)22)16(12)17(19)23/h2-5,7H,6,8-9H2,1H3,(H,21,22). The third-order valence-corrected chi connectivity index (χ3v) is 4.44. The van der Waals surface area contributed by atoms with Gasteiger partial charge in [0.25, 0.3) is 5.91 Å². The number of aromatic nitrogens is 2. The summed E-state index contributed by atoms with van der Waals surface area (Å²) in [4.78, 5) is 30.0. The van der Waals surface area contributed by atoms with E-state index in [2.05, 4.69) is 4.98 Å². The maximum absolute atomic E-state index is 12.6. The van der Waals surface area contributed by atoms with E-state index in [1.54, 1.807) is 22.7 Å². The smallest absolute Gasteiger partial charge is 0.323 e. The summed E-state index contributed by atoms with van der Waals surface area (Å²) in [6, 6.07) is 7.72. The molecule has 0 atom stereocenters. The number of carbonyl (C=O) groups excluding carboxylic acids is 1. The number of pyridine rings is 1. The first-order valence-electron chi connectivity index (χ1n) is 7.44. The van der Waals surface area contributed by atoms with Gasteiger partial charge in [0.2, 0.25) is 0 Å². The molecule has 3 aromatic rings. The van der Waals surface area contributed by atoms with Gasteiger partial charge in [-0.3, -0.25) is 14.6 Å². The number of aliphatic carboxylic acids is 1. The molecule has 0 spiro atoms. The molecule has 1 amide bonds. The molecule has 0 unspecified atom stereocenters. The van der Waals surface area contributed by atoms with Gasteiger partial charge >= 0.3 is 5.97 Å². The molecule has 0 fully saturated rings. The number of carbonyl (C=O) groups is 2. The topological polar surface area (TPSA) is 75.4 Å². The van der Waals surface area contributed by atoms with Crippen LogP contribution in [-0.2, 0) is 17.8 Å². The number of likely N-dealkylation sites (N-methyl/N-ethyl adjacent to an activating group) is 1. The molecule has 0 aliphatic carbocycles. The van der Waals surface area contributed by atoms with Crippen molar-refractivity contribution in [3.63, 3.8) is 0 Å². The van der Waals surface area contributed by atoms with Crippen molar-refractivity contribution >= 4 is 33.7 Å². The highest BCUT2D eigenvalue weighted by Crippen LogP contribution is 2.34. The van der Waals surface area contributed by atoms with E-state index in [0.29, 0.717) is 12.2 Å². The number of fused-ring (bicyclic) bond motifs is 5. The predicted molar refractivity (Wildman–Crippen MR) is 85.5 cm³/mol. The summed E-state index contributed by atoms with van der Waals surface area (Å²) in [5, 5.41) is 11.2. The Morgan fingerprint density at radius 3 is 2.96 bits per heavy atom. The molecule has 6 nitrogen and oxygen atoms in total. The van der Waals surface area contributed by atoms with E-state index in [4.69, 9.17) is 0 Å². The van der Waals surface area contributed by atoms with Crippen LogP contribution in [0.5, 0.6) is 0 Å². The maximum atomic E-state index is 12.6. The molecule has 23 heavy (non-hydrogen) atoms. The predicted octanol–water partition coefficient (Wildman–Crippen LogP) is 1.90. The molecule has 1 aliphatic rings. The van der Waals surface area contributed by atoms with Gasteiger partial charge in [0, 0.05) is 30.6 Å². The number of carboxylic acid groups (broad SMARTS) is 1. The van der Waals surface area contributed by atoms with Gasteiger partial charge in [0.15, 0.2) is 0 Å². The van der Waals surface area contributed by atoms with Crippen molar-refractivity contribution in [2.75, 3.05) is 13.6 Å². The summed E-state index contributed by atoms with van der Waals surface area (Å²) in [6.45, 7) is 0.388. The normalized spacial score (nSPS) is 14.5. The van der Waals surface area contributed by atoms with Gasteiger partial charge in [-0.25, -0.2) is 0 Å². The zero-order valence-electron chi connectivity index (χ0n) is 12.6. The van der Waals surface area contributed by atoms with Gasteiger partial charge in [0.1, 0.15) is 12.2 Å². The van der Waals surface area contributed by atoms with Crippen LogP contribution in [-0.4, -0.2) is 45.0 Å². The SMILES string of the molecule is CN1CCc2c(n(CC(=O)O)c3c2ccc2cccnc23)C1=O. The van der Waals surface area contributed by atoms with E-state index in [9.17, 15) is 14.7 Å². The second-order valence-electron chi connectivity index (χ2n) is 5.82. The van der Waals surface area contributed by atoms with Crippen molar-refractivity contribution in [2.45, 2.75) is 13.0 Å². The molecule has 0 saturated heterocycles. The van der Waals surface area contributed by atoms with Gasteiger partial charge in [-0.05, 0) is 18.1 Å². The highest BCUT2D eigenvalue weighted by molar-refractivity contribution is 6.11. The Morgan fingerprint density at radius 2 is 2.17 bits per heavy atom. The number of rotatable bonds is 2. The summed E-state index contributed by atoms with van der Waals surface area (Å²) in [5.74, 6) is -1.11. The molecule has 2 aromatic heterocycles. The zero-order valence-corrected chi connectivity index (χ0v) is 12.6. The number of hydrogen-bond acceptors (Lipinski definition) is 3. The van der Waals surface area contributed by atoms with Crippen LogP contribution in [0.25, 0.3) is 21.8 Å². The second-order valence-corrected chi connectivity index (χ2v) is 5.82. The summed E-state index contributed by atoms with van der Waals surface area (Å²) < 4.78 is 1.61. The van der Waals surface area contributed by atoms with Crippen LogP contribution in [0.4, 0.5) is 0 Å². The van der Waals surface area contributed by atoms with E-state index in [1.807, 2.05) is 24.3 Å². The molecule has 6 heteroatoms. The fraction of sp³-hybridized carbons (Fsp3) is 0.235. The Bertz CT molecular complexity index is 974. The summed E-state index contributed by atoms with van der Waals surface area (Å²) in [6.07, 6.45) is 2.41. The minimum Gasteiger partial charge on any atom is -0.480 e. The van der Waals surface area contributed by atoms with Crippen molar-refractivity contribution in [1.29, 1.82) is 0 Å². The van der Waals surface area contributed by atoms with Crippen LogP contribution in [0.1, 0.15) is 16.1 Å². The fourth-order valence-corrected chi connectivity index (χ4v) is 3.40. The zero-order chi connectivity index (χ0) is 16.1. The number of amides is 1. The average molecular weight is 309 g/mol. The van der Waals surface area contributed by atoms with Crippen LogP contribution >= 0.6 is 0 Å². The quantitative estimate of drug-likeness (QED) is 0.784. The highest BCUT2D eigenvalue weighted by atomic mass is 16.4. The highest BCUT2D eigenvalue weighted by Gasteiger charge is 2.30. The molecular weight excluding hydrogens is 294 g/mol. The van der Waals surface area contributed by atoms with Crippen LogP contribution in [0.2, 0.25) is 0 Å². The molecule has 3 heterocycles. The van der Waals surface area contributed by atoms with Crippen molar-refractivity contribution in [2.24, 2.45) is 0 Å². The average Bonchev–Trinajstić information content (AvgIpc) is 2.85. The first-order chi connectivity index (χ1) is 11.1. The van der Waals surface area contributed by atoms with E-state index in [-0.39, 0.29) is 12.5 Å². The maximum Gasteiger partial charge on any atom is 0.323 e. The van der Waals surface area contributed by atoms with E-state index in [0.717, 1.165) is 33.8 Å². The minimum absolute atomic E-state index is 0.132. The van der Waals surface area contributed by atoms with Gasteiger partial charge in [-0.2, -0.15) is 0 Å². The monoisotopic (exact) mass is 309 g/mol. The number of carboxylic acids is 1. The van der Waals surface area contributed by atoms with Crippen molar-refractivity contribution in [3.05, 3.63) is 41.7 Å². The van der Waals surface area contributed by atoms with E-state index >= 15 is 0 Å². The van der Waals surface area contributed by atoms with Crippen molar-refractivity contribution in [3.8, 4) is 0 Å². The van der Waals surface area contributed by atoms with Gasteiger partial charge in [-0.15, -0.1) is 0 Å². The van der Waals surface area contributed by atoms with Crippen LogP contribution < -0.4 is 0 Å². The summed E-state index contributed by atoms with van der Waals surface area (Å²) >= 11 is 0. The summed E-state index contributed by atoms with van der Waals surface area (Å²) in [5.41, 5.74) is 2.88. The lowest BCUT2D eigenvalue weighted by atomic mass is 10.0. The Labute approximate surface area is 131 Å². The first kappa shape index (κ1) is 13.8. The first-order valence-corrected chi connectivity index (χ1v) is 7.44. The largest absolute Gasteiger partial charge is 0.480 e. The third kappa shape index (κ3) is 1.91. The third-order valence-electron chi connectivity index (χ3n) is 4.44. The molecule has 1 aromatic carbocycles. The summed E-state index contributed by atoms with van der Waals surface area (Å²) in [7, 11) is 1.74. The lowest BCUT2D eigenvalue weighted by Crippen LogP contribution is -2.35. The van der Waals surface area contributed by atoms with Crippen LogP contribution in [0.15, 0.2) is 30.5 Å². The Morgan fingerprint density at radius 1 is 1.35 bits per heavy atom. The Kier molecular flexibility index (Phi) is 2.87. The number of hydrogen-bond donors (Lipinski definition) is 1. The molecule has 116 valence electrons. The van der Waals surface area contributed by atoms with E-state index < -0.39 is 5.97 Å². The molecule has 0 saturated carbocycles.